The summed E-state index contributed by atoms with van der Waals surface area (Å²) in [6, 6.07) is 8.24. The van der Waals surface area contributed by atoms with Gasteiger partial charge in [0.15, 0.2) is 0 Å². The van der Waals surface area contributed by atoms with E-state index in [9.17, 15) is 19.5 Å². The van der Waals surface area contributed by atoms with Crippen molar-refractivity contribution < 1.29 is 33.7 Å². The monoisotopic (exact) mass is 772 g/mol. The summed E-state index contributed by atoms with van der Waals surface area (Å²) in [5, 5.41) is 21.9. The first-order valence-electron chi connectivity index (χ1n) is 21.4. The summed E-state index contributed by atoms with van der Waals surface area (Å²) in [6.07, 6.45) is 9.99. The number of carbonyl (C=O) groups excluding carboxylic acids is 3. The van der Waals surface area contributed by atoms with Gasteiger partial charge in [0.25, 0.3) is 0 Å². The van der Waals surface area contributed by atoms with Gasteiger partial charge in [0, 0.05) is 52.3 Å². The van der Waals surface area contributed by atoms with Crippen LogP contribution in [0.1, 0.15) is 103 Å². The molecule has 2 saturated heterocycles. The summed E-state index contributed by atoms with van der Waals surface area (Å²) in [4.78, 5) is 46.4. The molecule has 2 heterocycles. The number of piperidine rings is 1. The third kappa shape index (κ3) is 15.7. The molecule has 12 nitrogen and oxygen atoms in total. The number of nitrogens with one attached hydrogen (secondary N) is 3. The zero-order chi connectivity index (χ0) is 39.4. The van der Waals surface area contributed by atoms with Crippen molar-refractivity contribution in [1.82, 2.24) is 25.8 Å². The van der Waals surface area contributed by atoms with Crippen molar-refractivity contribution in [2.45, 2.75) is 135 Å². The van der Waals surface area contributed by atoms with E-state index in [0.29, 0.717) is 58.0 Å². The van der Waals surface area contributed by atoms with Crippen molar-refractivity contribution in [2.75, 3.05) is 66.4 Å². The Labute approximate surface area is 331 Å². The third-order valence-corrected chi connectivity index (χ3v) is 11.9. The van der Waals surface area contributed by atoms with Gasteiger partial charge in [-0.05, 0) is 55.9 Å². The maximum atomic E-state index is 14.5. The highest BCUT2D eigenvalue weighted by molar-refractivity contribution is 5.86. The quantitative estimate of drug-likeness (QED) is 0.120. The van der Waals surface area contributed by atoms with Crippen LogP contribution >= 0.6 is 0 Å². The predicted octanol–water partition coefficient (Wildman–Crippen LogP) is 4.28. The molecule has 4 rings (SSSR count). The number of rotatable bonds is 23. The normalized spacial score (nSPS) is 20.4. The lowest BCUT2D eigenvalue weighted by Gasteiger charge is -2.36. The number of methoxy groups -OCH3 is 1. The van der Waals surface area contributed by atoms with Gasteiger partial charge in [-0.25, -0.2) is 0 Å². The molecule has 0 radical (unpaired) electrons. The molecule has 2 aliphatic heterocycles. The van der Waals surface area contributed by atoms with Crippen molar-refractivity contribution >= 4 is 17.7 Å². The molecule has 1 aliphatic carbocycles. The number of unbranched alkanes of at least 4 members (excludes halogenated alkanes) is 1. The molecule has 4 N–H and O–H groups in total. The Balaban J connectivity index is 1.47. The van der Waals surface area contributed by atoms with E-state index in [1.807, 2.05) is 49.1 Å². The van der Waals surface area contributed by atoms with Gasteiger partial charge in [-0.15, -0.1) is 0 Å². The van der Waals surface area contributed by atoms with Crippen molar-refractivity contribution in [1.29, 1.82) is 0 Å². The van der Waals surface area contributed by atoms with E-state index < -0.39 is 30.1 Å². The average molecular weight is 772 g/mol. The summed E-state index contributed by atoms with van der Waals surface area (Å²) < 4.78 is 16.3. The van der Waals surface area contributed by atoms with Crippen molar-refractivity contribution in [2.24, 2.45) is 17.8 Å². The smallest absolute Gasteiger partial charge is 0.240 e. The first-order chi connectivity index (χ1) is 26.7. The fraction of sp³-hybridized carbons (Fsp3) is 0.791. The lowest BCUT2D eigenvalue weighted by atomic mass is 9.81. The number of aliphatic hydroxyl groups excluding tert-OH is 1. The highest BCUT2D eigenvalue weighted by atomic mass is 16.7. The third-order valence-electron chi connectivity index (χ3n) is 11.9. The van der Waals surface area contributed by atoms with E-state index in [2.05, 4.69) is 27.8 Å². The number of morpholine rings is 1. The number of aliphatic hydroxyl groups is 1. The molecular formula is C43H73N5O7. The molecular weight excluding hydrogens is 699 g/mol. The molecule has 3 fully saturated rings. The Bertz CT molecular complexity index is 1240. The van der Waals surface area contributed by atoms with Crippen LogP contribution in [0.4, 0.5) is 0 Å². The number of nitrogens with zero attached hydrogens (tertiary/aromatic N) is 2. The Morgan fingerprint density at radius 2 is 1.65 bits per heavy atom. The van der Waals surface area contributed by atoms with Crippen LogP contribution in [-0.4, -0.2) is 129 Å². The number of likely N-dealkylation sites (tertiary alicyclic amines) is 1. The fourth-order valence-corrected chi connectivity index (χ4v) is 8.41. The number of benzene rings is 1. The number of carbonyl (C=O) groups is 3. The van der Waals surface area contributed by atoms with Crippen LogP contribution in [0.2, 0.25) is 0 Å². The van der Waals surface area contributed by atoms with Crippen LogP contribution in [0, 0.1) is 17.8 Å². The minimum atomic E-state index is -0.890. The van der Waals surface area contributed by atoms with Crippen LogP contribution in [0.5, 0.6) is 0 Å². The van der Waals surface area contributed by atoms with Gasteiger partial charge >= 0.3 is 0 Å². The number of hydrogen-bond donors (Lipinski definition) is 4. The minimum Gasteiger partial charge on any atom is -0.391 e. The molecule has 0 unspecified atom stereocenters. The van der Waals surface area contributed by atoms with E-state index in [-0.39, 0.29) is 43.0 Å². The molecule has 3 amide bonds. The van der Waals surface area contributed by atoms with Crippen LogP contribution in [-0.2, 0) is 35.0 Å². The second kappa shape index (κ2) is 24.9. The van der Waals surface area contributed by atoms with Gasteiger partial charge in [-0.3, -0.25) is 24.6 Å². The Hall–Kier alpha value is -2.61. The Morgan fingerprint density at radius 3 is 2.31 bits per heavy atom. The largest absolute Gasteiger partial charge is 0.391 e. The number of hydrogen-bond acceptors (Lipinski definition) is 9. The van der Waals surface area contributed by atoms with E-state index in [1.165, 1.54) is 6.42 Å². The van der Waals surface area contributed by atoms with Crippen molar-refractivity contribution in [3.63, 3.8) is 0 Å². The maximum Gasteiger partial charge on any atom is 0.240 e. The fourth-order valence-electron chi connectivity index (χ4n) is 8.41. The van der Waals surface area contributed by atoms with E-state index in [4.69, 9.17) is 14.2 Å². The van der Waals surface area contributed by atoms with Crippen molar-refractivity contribution in [3.8, 4) is 0 Å². The van der Waals surface area contributed by atoms with Crippen LogP contribution in [0.15, 0.2) is 30.3 Å². The summed E-state index contributed by atoms with van der Waals surface area (Å²) in [6.45, 7) is 12.0. The Morgan fingerprint density at radius 1 is 0.945 bits per heavy atom. The average Bonchev–Trinajstić information content (AvgIpc) is 3.20. The first kappa shape index (κ1) is 45.1. The molecule has 0 spiro atoms. The molecule has 3 aliphatic rings. The highest BCUT2D eigenvalue weighted by Gasteiger charge is 2.36. The maximum absolute atomic E-state index is 14.5. The molecule has 0 bridgehead atoms. The van der Waals surface area contributed by atoms with Crippen LogP contribution < -0.4 is 16.0 Å². The molecule has 1 aromatic carbocycles. The van der Waals surface area contributed by atoms with Crippen LogP contribution in [0.25, 0.3) is 0 Å². The molecule has 5 atom stereocenters. The zero-order valence-corrected chi connectivity index (χ0v) is 34.4. The molecule has 0 aromatic heterocycles. The summed E-state index contributed by atoms with van der Waals surface area (Å²) in [7, 11) is 1.61. The first-order valence-corrected chi connectivity index (χ1v) is 21.4. The van der Waals surface area contributed by atoms with Gasteiger partial charge in [-0.2, -0.15) is 0 Å². The summed E-state index contributed by atoms with van der Waals surface area (Å²) in [5.41, 5.74) is 1.02. The van der Waals surface area contributed by atoms with Crippen molar-refractivity contribution in [3.05, 3.63) is 35.9 Å². The lowest BCUT2D eigenvalue weighted by molar-refractivity contribution is -0.139. The van der Waals surface area contributed by atoms with Gasteiger partial charge in [0.05, 0.1) is 43.5 Å². The standard InChI is InChI=1S/C43H73N5O7/c1-5-6-17-37(45-39(29-34-15-11-8-12-16-34)43(52)48-21-18-35(19-22-48)55-31-53-4)42(51)46-38(28-33-13-9-7-10-14-33)40(49)30-36(32(2)3)41(50)44-20-23-47-24-26-54-27-25-47/h8,11-12,15-16,32-33,35-40,45,49H,5-7,9-10,13-14,17-31H2,1-4H3,(H,44,50)(H,46,51)/t36-,37-,38-,39-,40-/m0/s1. The van der Waals surface area contributed by atoms with Gasteiger partial charge in [-0.1, -0.05) is 96.0 Å². The summed E-state index contributed by atoms with van der Waals surface area (Å²) in [5.74, 6) is -0.230. The van der Waals surface area contributed by atoms with Gasteiger partial charge < -0.3 is 34.9 Å². The van der Waals surface area contributed by atoms with Gasteiger partial charge in [0.2, 0.25) is 17.7 Å². The summed E-state index contributed by atoms with van der Waals surface area (Å²) >= 11 is 0. The van der Waals surface area contributed by atoms with Gasteiger partial charge in [0.1, 0.15) is 6.79 Å². The number of ether oxygens (including phenoxy) is 3. The second-order valence-electron chi connectivity index (χ2n) is 16.5. The van der Waals surface area contributed by atoms with E-state index in [1.54, 1.807) is 7.11 Å². The topological polar surface area (TPSA) is 142 Å². The SMILES string of the molecule is CCCC[C@H](N[C@@H](Cc1ccccc1)C(=O)N1CCC(OCOC)CC1)C(=O)N[C@@H](CC1CCCCC1)[C@@H](O)C[C@H](C(=O)NCCN1CCOCC1)C(C)C. The minimum absolute atomic E-state index is 0.0125. The molecule has 1 aromatic rings. The highest BCUT2D eigenvalue weighted by Crippen LogP contribution is 2.30. The lowest BCUT2D eigenvalue weighted by Crippen LogP contribution is -2.58. The molecule has 55 heavy (non-hydrogen) atoms. The molecule has 12 heteroatoms. The van der Waals surface area contributed by atoms with Crippen LogP contribution in [0.3, 0.4) is 0 Å². The zero-order valence-electron chi connectivity index (χ0n) is 34.4. The predicted molar refractivity (Wildman–Crippen MR) is 215 cm³/mol. The molecule has 312 valence electrons. The molecule has 1 saturated carbocycles. The van der Waals surface area contributed by atoms with E-state index in [0.717, 1.165) is 76.6 Å². The second-order valence-corrected chi connectivity index (χ2v) is 16.5. The number of amides is 3. The van der Waals surface area contributed by atoms with E-state index >= 15 is 0 Å². The Kier molecular flexibility index (Phi) is 20.4.